The maximum atomic E-state index is 13.0. The first kappa shape index (κ1) is 20.3. The fraction of sp³-hybridized carbons (Fsp3) is 0.273. The van der Waals surface area contributed by atoms with Crippen LogP contribution < -0.4 is 10.3 Å². The summed E-state index contributed by atoms with van der Waals surface area (Å²) in [6.07, 6.45) is 0.966. The second kappa shape index (κ2) is 8.39. The lowest BCUT2D eigenvalue weighted by Crippen LogP contribution is -2.46. The number of anilines is 2. The Morgan fingerprint density at radius 2 is 1.97 bits per heavy atom. The lowest BCUT2D eigenvalue weighted by molar-refractivity contribution is -0.120. The topological polar surface area (TPSA) is 82.1 Å². The van der Waals surface area contributed by atoms with Crippen molar-refractivity contribution in [2.75, 3.05) is 23.4 Å². The smallest absolute Gasteiger partial charge is 0.258 e. The molecule has 0 saturated carbocycles. The summed E-state index contributed by atoms with van der Waals surface area (Å²) in [5.41, 5.74) is 2.72. The largest absolute Gasteiger partial charge is 0.337 e. The van der Waals surface area contributed by atoms with Crippen LogP contribution in [-0.2, 0) is 9.59 Å². The lowest BCUT2D eigenvalue weighted by atomic mass is 9.95. The monoisotopic (exact) mass is 468 g/mol. The Balaban J connectivity index is 1.47. The molecule has 0 spiro atoms. The zero-order valence-corrected chi connectivity index (χ0v) is 18.1. The number of carbonyl (C=O) groups is 3. The summed E-state index contributed by atoms with van der Waals surface area (Å²) in [5, 5.41) is 8.70. The molecule has 0 bridgehead atoms. The number of hydrogen-bond acceptors (Lipinski definition) is 4. The van der Waals surface area contributed by atoms with E-state index in [1.165, 1.54) is 5.01 Å². The van der Waals surface area contributed by atoms with Gasteiger partial charge in [0.1, 0.15) is 0 Å². The van der Waals surface area contributed by atoms with Crippen LogP contribution in [0.5, 0.6) is 0 Å². The normalized spacial score (nSPS) is 18.1. The maximum absolute atomic E-state index is 13.0. The van der Waals surface area contributed by atoms with Crippen molar-refractivity contribution in [3.63, 3.8) is 0 Å². The van der Waals surface area contributed by atoms with Crippen LogP contribution in [0, 0.1) is 5.92 Å². The third kappa shape index (κ3) is 4.00. The summed E-state index contributed by atoms with van der Waals surface area (Å²) in [7, 11) is 0. The number of nitrogens with zero attached hydrogens (tertiary/aromatic N) is 3. The molecule has 30 heavy (non-hydrogen) atoms. The van der Waals surface area contributed by atoms with Gasteiger partial charge in [0.15, 0.2) is 0 Å². The van der Waals surface area contributed by atoms with Gasteiger partial charge in [-0.2, -0.15) is 5.10 Å². The number of carbonyl (C=O) groups excluding carboxylic acids is 3. The number of fused-ring (bicyclic) bond motifs is 1. The van der Waals surface area contributed by atoms with Crippen molar-refractivity contribution in [2.24, 2.45) is 11.0 Å². The van der Waals surface area contributed by atoms with Gasteiger partial charge in [0.2, 0.25) is 5.91 Å². The van der Waals surface area contributed by atoms with Gasteiger partial charge < -0.3 is 10.2 Å². The predicted octanol–water partition coefficient (Wildman–Crippen LogP) is 3.66. The van der Waals surface area contributed by atoms with Crippen LogP contribution in [0.3, 0.4) is 0 Å². The van der Waals surface area contributed by atoms with Crippen molar-refractivity contribution in [1.29, 1.82) is 0 Å². The second-order valence-corrected chi connectivity index (χ2v) is 8.17. The van der Waals surface area contributed by atoms with Gasteiger partial charge in [-0.25, -0.2) is 5.01 Å². The number of piperidine rings is 1. The number of benzene rings is 2. The van der Waals surface area contributed by atoms with E-state index in [1.807, 2.05) is 12.1 Å². The average Bonchev–Trinajstić information content (AvgIpc) is 3.09. The standard InChI is InChI=1S/C22H21BrN4O3/c1-2-20(28)24-16-6-8-17(9-7-16)27-22(30)18-13-26(11-10-19(18)25-27)21(29)14-4-3-5-15(23)12-14/h3-9,12,18H,2,10-11,13H2,1H3,(H,24,28). The molecule has 1 unspecified atom stereocenters. The van der Waals surface area contributed by atoms with E-state index in [-0.39, 0.29) is 17.7 Å². The SMILES string of the molecule is CCC(=O)Nc1ccc(N2N=C3CCN(C(=O)c4cccc(Br)c4)CC3C2=O)cc1. The van der Waals surface area contributed by atoms with E-state index in [1.54, 1.807) is 48.2 Å². The molecular formula is C22H21BrN4O3. The van der Waals surface area contributed by atoms with Gasteiger partial charge in [0.05, 0.1) is 17.3 Å². The van der Waals surface area contributed by atoms with Gasteiger partial charge in [-0.05, 0) is 42.5 Å². The Morgan fingerprint density at radius 3 is 2.67 bits per heavy atom. The summed E-state index contributed by atoms with van der Waals surface area (Å²) in [6.45, 7) is 2.64. The molecule has 7 nitrogen and oxygen atoms in total. The zero-order valence-electron chi connectivity index (χ0n) is 16.5. The minimum Gasteiger partial charge on any atom is -0.337 e. The van der Waals surface area contributed by atoms with E-state index in [4.69, 9.17) is 0 Å². The van der Waals surface area contributed by atoms with E-state index < -0.39 is 5.92 Å². The van der Waals surface area contributed by atoms with Gasteiger partial charge >= 0.3 is 0 Å². The van der Waals surface area contributed by atoms with E-state index in [0.29, 0.717) is 42.9 Å². The fourth-order valence-electron chi connectivity index (χ4n) is 3.62. The van der Waals surface area contributed by atoms with E-state index in [9.17, 15) is 14.4 Å². The quantitative estimate of drug-likeness (QED) is 0.742. The Bertz CT molecular complexity index is 1030. The molecule has 0 radical (unpaired) electrons. The van der Waals surface area contributed by atoms with E-state index in [0.717, 1.165) is 10.2 Å². The first-order chi connectivity index (χ1) is 14.5. The van der Waals surface area contributed by atoms with Crippen LogP contribution in [-0.4, -0.2) is 41.4 Å². The number of rotatable bonds is 4. The molecule has 1 atom stereocenters. The predicted molar refractivity (Wildman–Crippen MR) is 118 cm³/mol. The first-order valence-electron chi connectivity index (χ1n) is 9.82. The Labute approximate surface area is 182 Å². The molecule has 1 N–H and O–H groups in total. The molecule has 2 aromatic rings. The highest BCUT2D eigenvalue weighted by atomic mass is 79.9. The number of hydrazone groups is 1. The first-order valence-corrected chi connectivity index (χ1v) is 10.6. The molecule has 0 aliphatic carbocycles. The molecule has 1 saturated heterocycles. The summed E-state index contributed by atoms with van der Waals surface area (Å²) < 4.78 is 0.842. The fourth-order valence-corrected chi connectivity index (χ4v) is 4.01. The van der Waals surface area contributed by atoms with Crippen LogP contribution in [0.25, 0.3) is 0 Å². The Kier molecular flexibility index (Phi) is 5.67. The summed E-state index contributed by atoms with van der Waals surface area (Å²) in [5.74, 6) is -0.713. The van der Waals surface area contributed by atoms with Gasteiger partial charge in [-0.3, -0.25) is 14.4 Å². The number of halogens is 1. The van der Waals surface area contributed by atoms with Crippen molar-refractivity contribution in [3.8, 4) is 0 Å². The molecule has 2 heterocycles. The van der Waals surface area contributed by atoms with Crippen molar-refractivity contribution in [3.05, 3.63) is 58.6 Å². The highest BCUT2D eigenvalue weighted by Gasteiger charge is 2.41. The molecule has 2 aliphatic heterocycles. The third-order valence-electron chi connectivity index (χ3n) is 5.25. The van der Waals surface area contributed by atoms with Crippen molar-refractivity contribution in [2.45, 2.75) is 19.8 Å². The van der Waals surface area contributed by atoms with Crippen LogP contribution in [0.1, 0.15) is 30.1 Å². The Hall–Kier alpha value is -3.00. The summed E-state index contributed by atoms with van der Waals surface area (Å²) >= 11 is 3.39. The van der Waals surface area contributed by atoms with Gasteiger partial charge in [0, 0.05) is 41.7 Å². The van der Waals surface area contributed by atoms with Gasteiger partial charge in [-0.15, -0.1) is 0 Å². The minimum atomic E-state index is -0.422. The average molecular weight is 469 g/mol. The molecule has 1 fully saturated rings. The van der Waals surface area contributed by atoms with Crippen LogP contribution >= 0.6 is 15.9 Å². The highest BCUT2D eigenvalue weighted by Crippen LogP contribution is 2.30. The third-order valence-corrected chi connectivity index (χ3v) is 5.75. The molecule has 154 valence electrons. The summed E-state index contributed by atoms with van der Waals surface area (Å²) in [4.78, 5) is 39.1. The second-order valence-electron chi connectivity index (χ2n) is 7.25. The van der Waals surface area contributed by atoms with Crippen LogP contribution in [0.15, 0.2) is 58.1 Å². The van der Waals surface area contributed by atoms with Crippen LogP contribution in [0.4, 0.5) is 11.4 Å². The molecule has 3 amide bonds. The molecular weight excluding hydrogens is 448 g/mol. The number of likely N-dealkylation sites (tertiary alicyclic amines) is 1. The minimum absolute atomic E-state index is 0.0681. The van der Waals surface area contributed by atoms with Crippen molar-refractivity contribution in [1.82, 2.24) is 4.90 Å². The van der Waals surface area contributed by atoms with Crippen molar-refractivity contribution < 1.29 is 14.4 Å². The number of nitrogens with one attached hydrogen (secondary N) is 1. The van der Waals surface area contributed by atoms with Gasteiger partial charge in [0.25, 0.3) is 11.8 Å². The van der Waals surface area contributed by atoms with Crippen LogP contribution in [0.2, 0.25) is 0 Å². The maximum Gasteiger partial charge on any atom is 0.258 e. The molecule has 2 aliphatic rings. The molecule has 8 heteroatoms. The lowest BCUT2D eigenvalue weighted by Gasteiger charge is -2.30. The highest BCUT2D eigenvalue weighted by molar-refractivity contribution is 9.10. The molecule has 4 rings (SSSR count). The zero-order chi connectivity index (χ0) is 21.3. The number of amides is 3. The molecule has 2 aromatic carbocycles. The molecule has 0 aromatic heterocycles. The van der Waals surface area contributed by atoms with E-state index in [2.05, 4.69) is 26.3 Å². The van der Waals surface area contributed by atoms with E-state index >= 15 is 0 Å². The number of hydrogen-bond donors (Lipinski definition) is 1. The summed E-state index contributed by atoms with van der Waals surface area (Å²) in [6, 6.07) is 14.3. The Morgan fingerprint density at radius 1 is 1.20 bits per heavy atom. The van der Waals surface area contributed by atoms with Gasteiger partial charge in [-0.1, -0.05) is 28.9 Å². The van der Waals surface area contributed by atoms with Crippen molar-refractivity contribution >= 4 is 50.7 Å².